The van der Waals surface area contributed by atoms with Crippen LogP contribution in [0.5, 0.6) is 0 Å². The monoisotopic (exact) mass is 266 g/mol. The first-order chi connectivity index (χ1) is 9.65. The van der Waals surface area contributed by atoms with Gasteiger partial charge in [0, 0.05) is 5.92 Å². The lowest BCUT2D eigenvalue weighted by atomic mass is 10.0. The number of amides is 1. The van der Waals surface area contributed by atoms with E-state index >= 15 is 0 Å². The predicted molar refractivity (Wildman–Crippen MR) is 81.6 cm³/mol. The van der Waals surface area contributed by atoms with Gasteiger partial charge in [0.05, 0.1) is 11.4 Å². The summed E-state index contributed by atoms with van der Waals surface area (Å²) in [6.07, 6.45) is 1.64. The van der Waals surface area contributed by atoms with Crippen molar-refractivity contribution in [3.8, 4) is 0 Å². The highest BCUT2D eigenvalue weighted by atomic mass is 16.1. The van der Waals surface area contributed by atoms with Crippen LogP contribution >= 0.6 is 0 Å². The minimum atomic E-state index is 0.00528. The molecule has 1 aliphatic rings. The van der Waals surface area contributed by atoms with Crippen molar-refractivity contribution in [2.24, 2.45) is 5.92 Å². The Bertz CT molecular complexity index is 664. The van der Waals surface area contributed by atoms with Crippen LogP contribution in [0.4, 0.5) is 11.4 Å². The van der Waals surface area contributed by atoms with Crippen molar-refractivity contribution in [3.63, 3.8) is 0 Å². The average Bonchev–Trinajstić information content (AvgIpc) is 2.87. The third kappa shape index (κ3) is 2.27. The molecule has 0 aromatic heterocycles. The molecular weight excluding hydrogens is 248 g/mol. The van der Waals surface area contributed by atoms with Gasteiger partial charge in [0.25, 0.3) is 0 Å². The number of para-hydroxylation sites is 2. The number of rotatable bonds is 2. The molecule has 0 fully saturated rings. The number of benzene rings is 2. The SMILES string of the molecule is Cc1cccc2c1CC(C(=O)Nc1ccccc1N)C2. The molecule has 1 unspecified atom stereocenters. The predicted octanol–water partition coefficient (Wildman–Crippen LogP) is 2.93. The molecule has 3 heteroatoms. The minimum Gasteiger partial charge on any atom is -0.397 e. The molecule has 0 heterocycles. The van der Waals surface area contributed by atoms with E-state index in [-0.39, 0.29) is 11.8 Å². The normalized spacial score (nSPS) is 16.8. The highest BCUT2D eigenvalue weighted by molar-refractivity contribution is 5.96. The number of hydrogen-bond acceptors (Lipinski definition) is 2. The number of anilines is 2. The fourth-order valence-electron chi connectivity index (χ4n) is 2.86. The Balaban J connectivity index is 1.75. The van der Waals surface area contributed by atoms with Gasteiger partial charge in [0.1, 0.15) is 0 Å². The molecule has 102 valence electrons. The van der Waals surface area contributed by atoms with E-state index in [0.29, 0.717) is 11.4 Å². The fourth-order valence-corrected chi connectivity index (χ4v) is 2.86. The lowest BCUT2D eigenvalue weighted by Gasteiger charge is -2.12. The van der Waals surface area contributed by atoms with Crippen molar-refractivity contribution in [2.75, 3.05) is 11.1 Å². The van der Waals surface area contributed by atoms with Gasteiger partial charge in [-0.15, -0.1) is 0 Å². The summed E-state index contributed by atoms with van der Waals surface area (Å²) in [5, 5.41) is 2.94. The molecule has 20 heavy (non-hydrogen) atoms. The van der Waals surface area contributed by atoms with Crippen LogP contribution < -0.4 is 11.1 Å². The van der Waals surface area contributed by atoms with Gasteiger partial charge in [0.2, 0.25) is 5.91 Å². The molecular formula is C17H18N2O. The Labute approximate surface area is 118 Å². The van der Waals surface area contributed by atoms with Crippen molar-refractivity contribution in [2.45, 2.75) is 19.8 Å². The largest absolute Gasteiger partial charge is 0.397 e. The molecule has 1 amide bonds. The Morgan fingerprint density at radius 1 is 1.15 bits per heavy atom. The van der Waals surface area contributed by atoms with E-state index in [4.69, 9.17) is 5.73 Å². The van der Waals surface area contributed by atoms with Crippen LogP contribution in [-0.2, 0) is 17.6 Å². The second-order valence-corrected chi connectivity index (χ2v) is 5.39. The number of nitrogens with two attached hydrogens (primary N) is 1. The lowest BCUT2D eigenvalue weighted by molar-refractivity contribution is -0.119. The van der Waals surface area contributed by atoms with E-state index in [2.05, 4.69) is 30.4 Å². The summed E-state index contributed by atoms with van der Waals surface area (Å²) in [5.74, 6) is 0.0595. The van der Waals surface area contributed by atoms with Crippen molar-refractivity contribution in [3.05, 3.63) is 59.2 Å². The van der Waals surface area contributed by atoms with Gasteiger partial charge in [-0.25, -0.2) is 0 Å². The zero-order valence-electron chi connectivity index (χ0n) is 11.5. The molecule has 3 N–H and O–H groups in total. The Kier molecular flexibility index (Phi) is 3.18. The first-order valence-electron chi connectivity index (χ1n) is 6.88. The molecule has 0 radical (unpaired) electrons. The third-order valence-corrected chi connectivity index (χ3v) is 4.01. The van der Waals surface area contributed by atoms with Crippen LogP contribution in [0.25, 0.3) is 0 Å². The maximum Gasteiger partial charge on any atom is 0.228 e. The van der Waals surface area contributed by atoms with Crippen molar-refractivity contribution >= 4 is 17.3 Å². The maximum absolute atomic E-state index is 12.4. The van der Waals surface area contributed by atoms with Crippen LogP contribution in [0.15, 0.2) is 42.5 Å². The van der Waals surface area contributed by atoms with Gasteiger partial charge in [-0.05, 0) is 48.6 Å². The van der Waals surface area contributed by atoms with Gasteiger partial charge >= 0.3 is 0 Å². The highest BCUT2D eigenvalue weighted by Gasteiger charge is 2.28. The number of aryl methyl sites for hydroxylation is 1. The molecule has 1 aliphatic carbocycles. The zero-order valence-corrected chi connectivity index (χ0v) is 11.5. The van der Waals surface area contributed by atoms with Crippen molar-refractivity contribution in [1.29, 1.82) is 0 Å². The summed E-state index contributed by atoms with van der Waals surface area (Å²) in [7, 11) is 0. The number of nitrogen functional groups attached to an aromatic ring is 1. The number of hydrogen-bond donors (Lipinski definition) is 2. The zero-order chi connectivity index (χ0) is 14.1. The summed E-state index contributed by atoms with van der Waals surface area (Å²) in [6.45, 7) is 2.11. The molecule has 2 aromatic rings. The molecule has 0 saturated heterocycles. The van der Waals surface area contributed by atoms with Gasteiger partial charge in [-0.1, -0.05) is 30.3 Å². The first-order valence-corrected chi connectivity index (χ1v) is 6.88. The van der Waals surface area contributed by atoms with E-state index in [1.165, 1.54) is 16.7 Å². The van der Waals surface area contributed by atoms with Crippen LogP contribution in [0.3, 0.4) is 0 Å². The van der Waals surface area contributed by atoms with E-state index in [0.717, 1.165) is 12.8 Å². The molecule has 1 atom stereocenters. The Morgan fingerprint density at radius 3 is 2.70 bits per heavy atom. The number of fused-ring (bicyclic) bond motifs is 1. The molecule has 0 spiro atoms. The molecule has 0 aliphatic heterocycles. The standard InChI is InChI=1S/C17H18N2O/c1-11-5-4-6-12-9-13(10-14(11)12)17(20)19-16-8-3-2-7-15(16)18/h2-8,13H,9-10,18H2,1H3,(H,19,20). The quantitative estimate of drug-likeness (QED) is 0.821. The second-order valence-electron chi connectivity index (χ2n) is 5.39. The topological polar surface area (TPSA) is 55.1 Å². The molecule has 3 rings (SSSR count). The van der Waals surface area contributed by atoms with E-state index in [9.17, 15) is 4.79 Å². The summed E-state index contributed by atoms with van der Waals surface area (Å²) in [4.78, 5) is 12.4. The van der Waals surface area contributed by atoms with Gasteiger partial charge < -0.3 is 11.1 Å². The van der Waals surface area contributed by atoms with E-state index in [1.807, 2.05) is 18.2 Å². The van der Waals surface area contributed by atoms with Gasteiger partial charge in [-0.3, -0.25) is 4.79 Å². The molecule has 0 saturated carbocycles. The minimum absolute atomic E-state index is 0.00528. The average molecular weight is 266 g/mol. The second kappa shape index (κ2) is 5.00. The van der Waals surface area contributed by atoms with Crippen LogP contribution in [0, 0.1) is 12.8 Å². The summed E-state index contributed by atoms with van der Waals surface area (Å²) in [5.41, 5.74) is 11.1. The highest BCUT2D eigenvalue weighted by Crippen LogP contribution is 2.30. The van der Waals surface area contributed by atoms with Crippen LogP contribution in [0.1, 0.15) is 16.7 Å². The summed E-state index contributed by atoms with van der Waals surface area (Å²) < 4.78 is 0. The fraction of sp³-hybridized carbons (Fsp3) is 0.235. The van der Waals surface area contributed by atoms with Gasteiger partial charge in [-0.2, -0.15) is 0 Å². The van der Waals surface area contributed by atoms with Gasteiger partial charge in [0.15, 0.2) is 0 Å². The molecule has 0 bridgehead atoms. The van der Waals surface area contributed by atoms with Crippen molar-refractivity contribution in [1.82, 2.24) is 0 Å². The molecule has 3 nitrogen and oxygen atoms in total. The Morgan fingerprint density at radius 2 is 1.95 bits per heavy atom. The maximum atomic E-state index is 12.4. The van der Waals surface area contributed by atoms with E-state index < -0.39 is 0 Å². The number of carbonyl (C=O) groups excluding carboxylic acids is 1. The molecule has 2 aromatic carbocycles. The first kappa shape index (κ1) is 12.7. The van der Waals surface area contributed by atoms with Crippen molar-refractivity contribution < 1.29 is 4.79 Å². The van der Waals surface area contributed by atoms with Crippen LogP contribution in [0.2, 0.25) is 0 Å². The Hall–Kier alpha value is -2.29. The smallest absolute Gasteiger partial charge is 0.228 e. The lowest BCUT2D eigenvalue weighted by Crippen LogP contribution is -2.23. The number of nitrogens with one attached hydrogen (secondary N) is 1. The van der Waals surface area contributed by atoms with E-state index in [1.54, 1.807) is 6.07 Å². The van der Waals surface area contributed by atoms with Crippen LogP contribution in [-0.4, -0.2) is 5.91 Å². The third-order valence-electron chi connectivity index (χ3n) is 4.01. The number of carbonyl (C=O) groups is 1. The summed E-state index contributed by atoms with van der Waals surface area (Å²) >= 11 is 0. The summed E-state index contributed by atoms with van der Waals surface area (Å²) in [6, 6.07) is 13.6.